The van der Waals surface area contributed by atoms with E-state index in [1.807, 2.05) is 24.3 Å². The molecule has 35 heavy (non-hydrogen) atoms. The second kappa shape index (κ2) is 13.7. The quantitative estimate of drug-likeness (QED) is 0.166. The highest BCUT2D eigenvalue weighted by Crippen LogP contribution is 2.35. The minimum Gasteiger partial charge on any atom is -0.462 e. The van der Waals surface area contributed by atoms with Gasteiger partial charge in [0.2, 0.25) is 0 Å². The molecule has 0 radical (unpaired) electrons. The summed E-state index contributed by atoms with van der Waals surface area (Å²) in [5.41, 5.74) is 0.987. The minimum atomic E-state index is -1.20. The van der Waals surface area contributed by atoms with Gasteiger partial charge < -0.3 is 14.2 Å². The van der Waals surface area contributed by atoms with Crippen LogP contribution < -0.4 is 10.2 Å². The van der Waals surface area contributed by atoms with Crippen molar-refractivity contribution in [1.82, 2.24) is 10.2 Å². The van der Waals surface area contributed by atoms with Crippen LogP contribution in [0.2, 0.25) is 0 Å². The summed E-state index contributed by atoms with van der Waals surface area (Å²) < 4.78 is 16.7. The van der Waals surface area contributed by atoms with E-state index in [9.17, 15) is 14.4 Å². The Morgan fingerprint density at radius 3 is 2.06 bits per heavy atom. The first-order valence-corrected chi connectivity index (χ1v) is 13.9. The maximum Gasteiger partial charge on any atom is 0.348 e. The van der Waals surface area contributed by atoms with Gasteiger partial charge in [0.05, 0.1) is 12.2 Å². The Bertz CT molecular complexity index is 1010. The molecular formula is C25H35N2O6PS. The van der Waals surface area contributed by atoms with E-state index in [4.69, 9.17) is 14.2 Å². The fourth-order valence-electron chi connectivity index (χ4n) is 3.05. The van der Waals surface area contributed by atoms with Crippen molar-refractivity contribution in [3.05, 3.63) is 47.4 Å². The molecule has 0 aliphatic heterocycles. The largest absolute Gasteiger partial charge is 0.462 e. The molecule has 2 rings (SSSR count). The van der Waals surface area contributed by atoms with Crippen LogP contribution in [0.15, 0.2) is 36.9 Å². The van der Waals surface area contributed by atoms with Gasteiger partial charge in [0.15, 0.2) is 0 Å². The maximum atomic E-state index is 12.4. The second-order valence-corrected chi connectivity index (χ2v) is 11.4. The fourth-order valence-corrected chi connectivity index (χ4v) is 5.95. The van der Waals surface area contributed by atoms with Gasteiger partial charge in [-0.3, -0.25) is 19.8 Å². The van der Waals surface area contributed by atoms with Crippen molar-refractivity contribution in [3.63, 3.8) is 0 Å². The number of hydrogen-bond donors (Lipinski definition) is 2. The lowest BCUT2D eigenvalue weighted by Crippen LogP contribution is -2.41. The van der Waals surface area contributed by atoms with Crippen molar-refractivity contribution in [3.8, 4) is 0 Å². The zero-order chi connectivity index (χ0) is 26.1. The molecule has 8 nitrogen and oxygen atoms in total. The van der Waals surface area contributed by atoms with Gasteiger partial charge >= 0.3 is 17.9 Å². The molecule has 0 saturated heterocycles. The van der Waals surface area contributed by atoms with Gasteiger partial charge in [-0.15, -0.1) is 11.3 Å². The van der Waals surface area contributed by atoms with Gasteiger partial charge in [0.1, 0.15) is 23.6 Å². The molecule has 0 spiro atoms. The number of esters is 3. The van der Waals surface area contributed by atoms with Crippen molar-refractivity contribution in [2.45, 2.75) is 72.0 Å². The third-order valence-corrected chi connectivity index (χ3v) is 7.74. The monoisotopic (exact) mass is 522 g/mol. The molecule has 0 aliphatic rings. The number of ether oxygens (including phenoxy) is 3. The van der Waals surface area contributed by atoms with Crippen LogP contribution in [-0.4, -0.2) is 48.8 Å². The Balaban J connectivity index is 2.21. The van der Waals surface area contributed by atoms with Gasteiger partial charge in [0.25, 0.3) is 0 Å². The van der Waals surface area contributed by atoms with E-state index in [-0.39, 0.29) is 36.7 Å². The molecule has 1 aromatic carbocycles. The average molecular weight is 523 g/mol. The number of carbonyl (C=O) groups excluding carboxylic acids is 3. The highest BCUT2D eigenvalue weighted by atomic mass is 32.1. The zero-order valence-electron chi connectivity index (χ0n) is 21.1. The van der Waals surface area contributed by atoms with Crippen LogP contribution in [0.4, 0.5) is 0 Å². The summed E-state index contributed by atoms with van der Waals surface area (Å²) >= 11 is 1.37. The van der Waals surface area contributed by atoms with Crippen molar-refractivity contribution < 1.29 is 28.6 Å². The summed E-state index contributed by atoms with van der Waals surface area (Å²) in [7, 11) is -1.20. The lowest BCUT2D eigenvalue weighted by Gasteiger charge is -2.27. The molecule has 1 heterocycles. The van der Waals surface area contributed by atoms with Crippen molar-refractivity contribution in [2.24, 2.45) is 0 Å². The van der Waals surface area contributed by atoms with Gasteiger partial charge in [-0.05, 0) is 70.7 Å². The number of rotatable bonds is 13. The van der Waals surface area contributed by atoms with Gasteiger partial charge in [-0.2, -0.15) is 0 Å². The number of nitrogens with one attached hydrogen (secondary N) is 2. The topological polar surface area (TPSA) is 103 Å². The van der Waals surface area contributed by atoms with Crippen molar-refractivity contribution in [1.29, 1.82) is 0 Å². The third kappa shape index (κ3) is 9.33. The Morgan fingerprint density at radius 2 is 1.54 bits per heavy atom. The van der Waals surface area contributed by atoms with E-state index in [1.54, 1.807) is 41.5 Å². The molecule has 0 saturated carbocycles. The first kappa shape index (κ1) is 28.9. The van der Waals surface area contributed by atoms with Crippen LogP contribution in [0.3, 0.4) is 0 Å². The highest BCUT2D eigenvalue weighted by Gasteiger charge is 2.25. The predicted octanol–water partition coefficient (Wildman–Crippen LogP) is 4.92. The smallest absolute Gasteiger partial charge is 0.348 e. The van der Waals surface area contributed by atoms with Crippen LogP contribution in [-0.2, 0) is 30.0 Å². The summed E-state index contributed by atoms with van der Waals surface area (Å²) in [6.45, 7) is 14.4. The first-order chi connectivity index (χ1) is 16.5. The van der Waals surface area contributed by atoms with Crippen LogP contribution in [0.5, 0.6) is 0 Å². The number of carbonyl (C=O) groups is 3. The molecular weight excluding hydrogens is 487 g/mol. The molecule has 192 valence electrons. The normalized spacial score (nSPS) is 13.9. The molecule has 2 unspecified atom stereocenters. The predicted molar refractivity (Wildman–Crippen MR) is 141 cm³/mol. The lowest BCUT2D eigenvalue weighted by atomic mass is 10.2. The van der Waals surface area contributed by atoms with Crippen LogP contribution in [0.25, 0.3) is 10.1 Å². The van der Waals surface area contributed by atoms with Crippen molar-refractivity contribution in [2.75, 3.05) is 6.61 Å². The number of benzene rings is 1. The first-order valence-electron chi connectivity index (χ1n) is 11.5. The van der Waals surface area contributed by atoms with Gasteiger partial charge in [-0.25, -0.2) is 4.79 Å². The zero-order valence-corrected chi connectivity index (χ0v) is 22.8. The molecule has 1 aromatic heterocycles. The van der Waals surface area contributed by atoms with E-state index in [0.717, 1.165) is 15.6 Å². The molecule has 2 N–H and O–H groups in total. The van der Waals surface area contributed by atoms with Crippen LogP contribution in [0, 0.1) is 0 Å². The second-order valence-electron chi connectivity index (χ2n) is 8.63. The Labute approximate surface area is 212 Å². The number of thiophene rings is 1. The van der Waals surface area contributed by atoms with Crippen LogP contribution >= 0.6 is 19.6 Å². The van der Waals surface area contributed by atoms with Crippen LogP contribution in [0.1, 0.15) is 56.8 Å². The van der Waals surface area contributed by atoms with Crippen molar-refractivity contribution >= 4 is 47.6 Å². The number of fused-ring (bicyclic) bond motifs is 1. The summed E-state index contributed by atoms with van der Waals surface area (Å²) in [6.07, 6.45) is 1.62. The molecule has 0 fully saturated rings. The van der Waals surface area contributed by atoms with E-state index < -0.39 is 20.3 Å². The Kier molecular flexibility index (Phi) is 11.3. The molecule has 0 bridgehead atoms. The summed E-state index contributed by atoms with van der Waals surface area (Å²) in [5.74, 6) is -1.10. The van der Waals surface area contributed by atoms with Gasteiger partial charge in [-0.1, -0.05) is 18.7 Å². The summed E-state index contributed by atoms with van der Waals surface area (Å²) in [6, 6.07) is 6.61. The maximum absolute atomic E-state index is 12.4. The molecule has 10 heteroatoms. The fraction of sp³-hybridized carbons (Fsp3) is 0.480. The SMILES string of the molecule is C=CCOC(=O)c1cc2cc(CP(NC(C)C(=O)OC(C)C)NC(C)C(=O)OC(C)C)ccc2s1. The number of hydrogen-bond acceptors (Lipinski definition) is 9. The van der Waals surface area contributed by atoms with E-state index in [0.29, 0.717) is 11.0 Å². The Morgan fingerprint density at radius 1 is 0.971 bits per heavy atom. The molecule has 0 aliphatic carbocycles. The van der Waals surface area contributed by atoms with E-state index in [1.165, 1.54) is 17.4 Å². The summed E-state index contributed by atoms with van der Waals surface area (Å²) in [4.78, 5) is 37.5. The highest BCUT2D eigenvalue weighted by molar-refractivity contribution is 7.52. The molecule has 0 amide bonds. The standard InChI is InChI=1S/C25H35N2O6PS/c1-8-11-31-25(30)22-13-20-12-19(9-10-21(20)35-22)14-34(26-17(6)23(28)32-15(2)3)27-18(7)24(29)33-16(4)5/h8-10,12-13,15-18,26-27H,1,11,14H2,2-7H3. The third-order valence-electron chi connectivity index (χ3n) is 4.56. The lowest BCUT2D eigenvalue weighted by molar-refractivity contribution is -0.149. The molecule has 2 aromatic rings. The summed E-state index contributed by atoms with van der Waals surface area (Å²) in [5, 5.41) is 7.51. The van der Waals surface area contributed by atoms with E-state index >= 15 is 0 Å². The minimum absolute atomic E-state index is 0.162. The molecule has 2 atom stereocenters. The van der Waals surface area contributed by atoms with Gasteiger partial charge in [0, 0.05) is 19.1 Å². The van der Waals surface area contributed by atoms with E-state index in [2.05, 4.69) is 16.8 Å². The Hall–Kier alpha value is -2.32. The average Bonchev–Trinajstić information content (AvgIpc) is 3.19.